The van der Waals surface area contributed by atoms with E-state index in [0.717, 1.165) is 6.42 Å². The fourth-order valence-corrected chi connectivity index (χ4v) is 1.15. The van der Waals surface area contributed by atoms with E-state index in [-0.39, 0.29) is 18.0 Å². The first-order valence-corrected chi connectivity index (χ1v) is 4.73. The van der Waals surface area contributed by atoms with Gasteiger partial charge in [0.2, 0.25) is 0 Å². The van der Waals surface area contributed by atoms with Crippen LogP contribution in [0.5, 0.6) is 0 Å². The van der Waals surface area contributed by atoms with Gasteiger partial charge in [0.15, 0.2) is 0 Å². The molecule has 2 N–H and O–H groups in total. The predicted octanol–water partition coefficient (Wildman–Crippen LogP) is 0.303. The highest BCUT2D eigenvalue weighted by Crippen LogP contribution is 2.11. The van der Waals surface area contributed by atoms with E-state index in [2.05, 4.69) is 0 Å². The molecular weight excluding hydrogens is 170 g/mol. The van der Waals surface area contributed by atoms with Crippen LogP contribution in [0.1, 0.15) is 19.8 Å². The fourth-order valence-electron chi connectivity index (χ4n) is 1.15. The summed E-state index contributed by atoms with van der Waals surface area (Å²) in [6.07, 6.45) is 1.35. The molecule has 1 atom stereocenters. The van der Waals surface area contributed by atoms with Gasteiger partial charge in [-0.05, 0) is 12.5 Å². The summed E-state index contributed by atoms with van der Waals surface area (Å²) in [4.78, 5) is 11.2. The summed E-state index contributed by atoms with van der Waals surface area (Å²) < 4.78 is 9.99. The van der Waals surface area contributed by atoms with Crippen molar-refractivity contribution in [3.05, 3.63) is 0 Å². The Kier molecular flexibility index (Phi) is 4.18. The van der Waals surface area contributed by atoms with Crippen molar-refractivity contribution >= 4 is 5.97 Å². The van der Waals surface area contributed by atoms with Crippen LogP contribution in [-0.2, 0) is 14.3 Å². The number of nitrogens with two attached hydrogens (primary N) is 1. The van der Waals surface area contributed by atoms with Crippen LogP contribution in [0.25, 0.3) is 0 Å². The SMILES string of the molecule is CCC(CN)CC(=O)OC1COC1. The van der Waals surface area contributed by atoms with Crippen molar-refractivity contribution < 1.29 is 14.3 Å². The Morgan fingerprint density at radius 2 is 2.38 bits per heavy atom. The molecule has 4 heteroatoms. The van der Waals surface area contributed by atoms with Crippen molar-refractivity contribution in [2.45, 2.75) is 25.9 Å². The molecule has 0 spiro atoms. The van der Waals surface area contributed by atoms with Crippen LogP contribution in [0.2, 0.25) is 0 Å². The molecule has 76 valence electrons. The van der Waals surface area contributed by atoms with Gasteiger partial charge in [-0.15, -0.1) is 0 Å². The minimum atomic E-state index is -0.148. The predicted molar refractivity (Wildman–Crippen MR) is 48.2 cm³/mol. The molecule has 0 amide bonds. The summed E-state index contributed by atoms with van der Waals surface area (Å²) in [6.45, 7) is 3.67. The highest BCUT2D eigenvalue weighted by atomic mass is 16.6. The normalized spacial score (nSPS) is 19.2. The molecule has 0 radical (unpaired) electrons. The van der Waals surface area contributed by atoms with Crippen molar-refractivity contribution in [1.82, 2.24) is 0 Å². The third-order valence-corrected chi connectivity index (χ3v) is 2.27. The molecule has 0 aromatic heterocycles. The highest BCUT2D eigenvalue weighted by molar-refractivity contribution is 5.70. The minimum absolute atomic E-state index is 0.0113. The van der Waals surface area contributed by atoms with Gasteiger partial charge in [0.05, 0.1) is 13.2 Å². The van der Waals surface area contributed by atoms with Crippen molar-refractivity contribution in [2.24, 2.45) is 11.7 Å². The maximum atomic E-state index is 11.2. The van der Waals surface area contributed by atoms with E-state index in [0.29, 0.717) is 26.2 Å². The molecule has 0 saturated carbocycles. The summed E-state index contributed by atoms with van der Waals surface area (Å²) in [5.74, 6) is 0.110. The second-order valence-corrected chi connectivity index (χ2v) is 3.36. The number of carbonyl (C=O) groups is 1. The standard InChI is InChI=1S/C9H17NO3/c1-2-7(4-10)3-9(11)13-8-5-12-6-8/h7-8H,2-6,10H2,1H3. The van der Waals surface area contributed by atoms with E-state index in [1.807, 2.05) is 6.92 Å². The van der Waals surface area contributed by atoms with E-state index < -0.39 is 0 Å². The summed E-state index contributed by atoms with van der Waals surface area (Å²) in [6, 6.07) is 0. The van der Waals surface area contributed by atoms with Gasteiger partial charge in [-0.2, -0.15) is 0 Å². The van der Waals surface area contributed by atoms with E-state index in [1.165, 1.54) is 0 Å². The maximum absolute atomic E-state index is 11.2. The molecule has 0 aromatic rings. The summed E-state index contributed by atoms with van der Waals surface area (Å²) in [5.41, 5.74) is 5.48. The number of hydrogen-bond acceptors (Lipinski definition) is 4. The zero-order chi connectivity index (χ0) is 9.68. The fraction of sp³-hybridized carbons (Fsp3) is 0.889. The topological polar surface area (TPSA) is 61.6 Å². The van der Waals surface area contributed by atoms with Gasteiger partial charge >= 0.3 is 5.97 Å². The molecule has 1 unspecified atom stereocenters. The van der Waals surface area contributed by atoms with Gasteiger partial charge in [-0.25, -0.2) is 0 Å². The lowest BCUT2D eigenvalue weighted by atomic mass is 10.0. The van der Waals surface area contributed by atoms with E-state index in [1.54, 1.807) is 0 Å². The van der Waals surface area contributed by atoms with Gasteiger partial charge in [0, 0.05) is 6.42 Å². The van der Waals surface area contributed by atoms with E-state index in [9.17, 15) is 4.79 Å². The van der Waals surface area contributed by atoms with Crippen molar-refractivity contribution in [3.63, 3.8) is 0 Å². The van der Waals surface area contributed by atoms with E-state index in [4.69, 9.17) is 15.2 Å². The number of hydrogen-bond donors (Lipinski definition) is 1. The maximum Gasteiger partial charge on any atom is 0.306 e. The quantitative estimate of drug-likeness (QED) is 0.629. The van der Waals surface area contributed by atoms with E-state index >= 15 is 0 Å². The average Bonchev–Trinajstić information content (AvgIpc) is 2.07. The average molecular weight is 187 g/mol. The van der Waals surface area contributed by atoms with Crippen LogP contribution in [-0.4, -0.2) is 31.8 Å². The third kappa shape index (κ3) is 3.32. The largest absolute Gasteiger partial charge is 0.457 e. The summed E-state index contributed by atoms with van der Waals surface area (Å²) >= 11 is 0. The molecule has 0 bridgehead atoms. The smallest absolute Gasteiger partial charge is 0.306 e. The Morgan fingerprint density at radius 3 is 2.77 bits per heavy atom. The zero-order valence-corrected chi connectivity index (χ0v) is 7.99. The minimum Gasteiger partial charge on any atom is -0.457 e. The molecule has 1 fully saturated rings. The molecule has 0 aromatic carbocycles. The number of ether oxygens (including phenoxy) is 2. The molecular formula is C9H17NO3. The number of rotatable bonds is 5. The molecule has 0 aliphatic carbocycles. The first-order valence-electron chi connectivity index (χ1n) is 4.73. The van der Waals surface area contributed by atoms with Crippen molar-refractivity contribution in [1.29, 1.82) is 0 Å². The number of esters is 1. The first-order chi connectivity index (χ1) is 6.26. The van der Waals surface area contributed by atoms with Crippen LogP contribution in [0, 0.1) is 5.92 Å². The monoisotopic (exact) mass is 187 g/mol. The molecule has 1 aliphatic heterocycles. The molecule has 1 saturated heterocycles. The third-order valence-electron chi connectivity index (χ3n) is 2.27. The van der Waals surface area contributed by atoms with Gasteiger partial charge in [-0.3, -0.25) is 4.79 Å². The van der Waals surface area contributed by atoms with Crippen LogP contribution in [0.3, 0.4) is 0 Å². The van der Waals surface area contributed by atoms with Crippen LogP contribution < -0.4 is 5.73 Å². The highest BCUT2D eigenvalue weighted by Gasteiger charge is 2.23. The van der Waals surface area contributed by atoms with Crippen molar-refractivity contribution in [3.8, 4) is 0 Å². The lowest BCUT2D eigenvalue weighted by Crippen LogP contribution is -2.38. The second-order valence-electron chi connectivity index (χ2n) is 3.36. The summed E-state index contributed by atoms with van der Waals surface area (Å²) in [5, 5.41) is 0. The Bertz CT molecular complexity index is 164. The summed E-state index contributed by atoms with van der Waals surface area (Å²) in [7, 11) is 0. The second kappa shape index (κ2) is 5.19. The van der Waals surface area contributed by atoms with Crippen LogP contribution in [0.15, 0.2) is 0 Å². The number of carbonyl (C=O) groups excluding carboxylic acids is 1. The Morgan fingerprint density at radius 1 is 1.69 bits per heavy atom. The van der Waals surface area contributed by atoms with Gasteiger partial charge in [0.1, 0.15) is 6.10 Å². The lowest BCUT2D eigenvalue weighted by molar-refractivity contribution is -0.173. The molecule has 1 aliphatic rings. The lowest BCUT2D eigenvalue weighted by Gasteiger charge is -2.26. The van der Waals surface area contributed by atoms with Crippen LogP contribution in [0.4, 0.5) is 0 Å². The van der Waals surface area contributed by atoms with Crippen LogP contribution >= 0.6 is 0 Å². The molecule has 13 heavy (non-hydrogen) atoms. The Labute approximate surface area is 78.4 Å². The Balaban J connectivity index is 2.14. The van der Waals surface area contributed by atoms with Gasteiger partial charge in [0.25, 0.3) is 0 Å². The Hall–Kier alpha value is -0.610. The first kappa shape index (κ1) is 10.5. The van der Waals surface area contributed by atoms with Gasteiger partial charge in [-0.1, -0.05) is 13.3 Å². The molecule has 1 heterocycles. The molecule has 1 rings (SSSR count). The van der Waals surface area contributed by atoms with Crippen molar-refractivity contribution in [2.75, 3.05) is 19.8 Å². The van der Waals surface area contributed by atoms with Gasteiger partial charge < -0.3 is 15.2 Å². The molecule has 4 nitrogen and oxygen atoms in total. The zero-order valence-electron chi connectivity index (χ0n) is 7.99.